The lowest BCUT2D eigenvalue weighted by molar-refractivity contribution is -0.125. The Kier molecular flexibility index (Phi) is 14.2. The van der Waals surface area contributed by atoms with Crippen LogP contribution in [0, 0.1) is 5.92 Å². The topological polar surface area (TPSA) is 47.6 Å². The van der Waals surface area contributed by atoms with Crippen molar-refractivity contribution in [1.82, 2.24) is 20.4 Å². The highest BCUT2D eigenvalue weighted by Gasteiger charge is 2.20. The summed E-state index contributed by atoms with van der Waals surface area (Å²) in [6.07, 6.45) is 2.16. The molecule has 2 heterocycles. The van der Waals surface area contributed by atoms with E-state index in [9.17, 15) is 4.79 Å². The number of nitrogens with one attached hydrogen (secondary N) is 2. The van der Waals surface area contributed by atoms with Crippen LogP contribution in [-0.2, 0) is 4.79 Å². The van der Waals surface area contributed by atoms with Gasteiger partial charge in [0.1, 0.15) is 0 Å². The Morgan fingerprint density at radius 1 is 1.19 bits per heavy atom. The normalized spacial score (nSPS) is 23.2. The summed E-state index contributed by atoms with van der Waals surface area (Å²) in [6, 6.07) is 0. The van der Waals surface area contributed by atoms with Gasteiger partial charge in [0.25, 0.3) is 0 Å². The van der Waals surface area contributed by atoms with E-state index >= 15 is 0 Å². The minimum atomic E-state index is 0. The predicted molar refractivity (Wildman–Crippen MR) is 94.3 cm³/mol. The molecule has 128 valence electrons. The molecule has 0 aromatic carbocycles. The van der Waals surface area contributed by atoms with Gasteiger partial charge in [0.2, 0.25) is 5.91 Å². The number of rotatable bonds is 4. The van der Waals surface area contributed by atoms with Crippen molar-refractivity contribution in [2.45, 2.75) is 12.8 Å². The van der Waals surface area contributed by atoms with Gasteiger partial charge in [-0.2, -0.15) is 0 Å². The van der Waals surface area contributed by atoms with Crippen LogP contribution in [0.3, 0.4) is 0 Å². The summed E-state index contributed by atoms with van der Waals surface area (Å²) in [4.78, 5) is 16.7. The van der Waals surface area contributed by atoms with Gasteiger partial charge >= 0.3 is 0 Å². The van der Waals surface area contributed by atoms with E-state index in [-0.39, 0.29) is 49.0 Å². The summed E-state index contributed by atoms with van der Waals surface area (Å²) >= 11 is 0. The van der Waals surface area contributed by atoms with Crippen molar-refractivity contribution in [3.8, 4) is 0 Å². The van der Waals surface area contributed by atoms with Crippen molar-refractivity contribution in [2.75, 3.05) is 59.4 Å². The Bertz CT molecular complexity index is 270. The van der Waals surface area contributed by atoms with Crippen molar-refractivity contribution in [2.24, 2.45) is 5.92 Å². The van der Waals surface area contributed by atoms with E-state index < -0.39 is 0 Å². The van der Waals surface area contributed by atoms with Crippen molar-refractivity contribution in [3.05, 3.63) is 0 Å². The number of likely N-dealkylation sites (N-methyl/N-ethyl adjacent to an activating group) is 1. The van der Waals surface area contributed by atoms with E-state index in [1.165, 1.54) is 0 Å². The van der Waals surface area contributed by atoms with Gasteiger partial charge < -0.3 is 15.5 Å². The predicted octanol–water partition coefficient (Wildman–Crippen LogP) is 0.615. The van der Waals surface area contributed by atoms with E-state index in [4.69, 9.17) is 0 Å². The minimum Gasteiger partial charge on any atom is -0.355 e. The maximum Gasteiger partial charge on any atom is 0.224 e. The number of piperidine rings is 1. The number of hydrogen-bond donors (Lipinski definition) is 2. The first-order valence-electron chi connectivity index (χ1n) is 7.15. The molecule has 0 bridgehead atoms. The molecule has 2 aliphatic heterocycles. The molecule has 2 fully saturated rings. The standard InChI is InChI=1S/C13H26N4O.3ClH/c1-16-7-9-17(10-8-16)6-5-15-13(18)12-3-2-4-14-11-12;;;/h12,14H,2-11H2,1H3,(H,15,18);3*1H. The van der Waals surface area contributed by atoms with Gasteiger partial charge in [-0.05, 0) is 26.4 Å². The quantitative estimate of drug-likeness (QED) is 0.768. The van der Waals surface area contributed by atoms with Gasteiger partial charge in [-0.3, -0.25) is 9.69 Å². The average molecular weight is 364 g/mol. The second-order valence-electron chi connectivity index (χ2n) is 5.48. The van der Waals surface area contributed by atoms with Crippen molar-refractivity contribution in [3.63, 3.8) is 0 Å². The Balaban J connectivity index is 0. The lowest BCUT2D eigenvalue weighted by Crippen LogP contribution is -2.48. The van der Waals surface area contributed by atoms with E-state index in [2.05, 4.69) is 27.5 Å². The van der Waals surface area contributed by atoms with E-state index in [1.54, 1.807) is 0 Å². The molecule has 2 aliphatic rings. The molecule has 21 heavy (non-hydrogen) atoms. The monoisotopic (exact) mass is 362 g/mol. The first kappa shape index (κ1) is 23.5. The molecule has 1 unspecified atom stereocenters. The molecule has 0 aromatic heterocycles. The molecule has 5 nitrogen and oxygen atoms in total. The lowest BCUT2D eigenvalue weighted by atomic mass is 9.99. The number of carbonyl (C=O) groups excluding carboxylic acids is 1. The Morgan fingerprint density at radius 2 is 1.86 bits per heavy atom. The second-order valence-corrected chi connectivity index (χ2v) is 5.48. The number of amides is 1. The highest BCUT2D eigenvalue weighted by Crippen LogP contribution is 2.09. The number of piperazine rings is 1. The Labute approximate surface area is 146 Å². The summed E-state index contributed by atoms with van der Waals surface area (Å²) in [6.45, 7) is 8.21. The molecule has 8 heteroatoms. The third-order valence-electron chi connectivity index (χ3n) is 3.99. The van der Waals surface area contributed by atoms with Crippen molar-refractivity contribution < 1.29 is 4.79 Å². The van der Waals surface area contributed by atoms with Crippen LogP contribution in [0.5, 0.6) is 0 Å². The summed E-state index contributed by atoms with van der Waals surface area (Å²) < 4.78 is 0. The first-order valence-corrected chi connectivity index (χ1v) is 7.15. The molecule has 0 aliphatic carbocycles. The molecule has 0 radical (unpaired) electrons. The SMILES string of the molecule is CN1CCN(CCNC(=O)C2CCCNC2)CC1.Cl.Cl.Cl. The van der Waals surface area contributed by atoms with Crippen LogP contribution in [0.15, 0.2) is 0 Å². The molecular formula is C13H29Cl3N4O. The van der Waals surface area contributed by atoms with Crippen LogP contribution in [-0.4, -0.2) is 75.1 Å². The Hall–Kier alpha value is 0.220. The van der Waals surface area contributed by atoms with Crippen LogP contribution in [0.1, 0.15) is 12.8 Å². The molecule has 0 saturated carbocycles. The fourth-order valence-electron chi connectivity index (χ4n) is 2.63. The lowest BCUT2D eigenvalue weighted by Gasteiger charge is -2.32. The molecule has 2 N–H and O–H groups in total. The van der Waals surface area contributed by atoms with Crippen LogP contribution in [0.4, 0.5) is 0 Å². The van der Waals surface area contributed by atoms with Crippen LogP contribution < -0.4 is 10.6 Å². The van der Waals surface area contributed by atoms with Crippen LogP contribution >= 0.6 is 37.2 Å². The van der Waals surface area contributed by atoms with Gasteiger partial charge in [-0.25, -0.2) is 0 Å². The molecule has 1 amide bonds. The minimum absolute atomic E-state index is 0. The van der Waals surface area contributed by atoms with Gasteiger partial charge in [-0.1, -0.05) is 0 Å². The molecule has 0 spiro atoms. The Morgan fingerprint density at radius 3 is 2.43 bits per heavy atom. The van der Waals surface area contributed by atoms with E-state index in [0.29, 0.717) is 0 Å². The smallest absolute Gasteiger partial charge is 0.224 e. The molecule has 2 saturated heterocycles. The third kappa shape index (κ3) is 8.43. The molecular weight excluding hydrogens is 335 g/mol. The highest BCUT2D eigenvalue weighted by atomic mass is 35.5. The largest absolute Gasteiger partial charge is 0.355 e. The summed E-state index contributed by atoms with van der Waals surface area (Å²) in [5.41, 5.74) is 0. The van der Waals surface area contributed by atoms with Crippen LogP contribution in [0.2, 0.25) is 0 Å². The van der Waals surface area contributed by atoms with Gasteiger partial charge in [0, 0.05) is 45.8 Å². The molecule has 0 aromatic rings. The number of halogens is 3. The third-order valence-corrected chi connectivity index (χ3v) is 3.99. The van der Waals surface area contributed by atoms with Gasteiger partial charge in [0.15, 0.2) is 0 Å². The fraction of sp³-hybridized carbons (Fsp3) is 0.923. The maximum atomic E-state index is 11.9. The zero-order chi connectivity index (χ0) is 12.8. The molecule has 1 atom stereocenters. The summed E-state index contributed by atoms with van der Waals surface area (Å²) in [5.74, 6) is 0.419. The van der Waals surface area contributed by atoms with E-state index in [0.717, 1.165) is 65.2 Å². The highest BCUT2D eigenvalue weighted by molar-refractivity contribution is 5.86. The zero-order valence-electron chi connectivity index (χ0n) is 12.7. The van der Waals surface area contributed by atoms with Crippen LogP contribution in [0.25, 0.3) is 0 Å². The average Bonchev–Trinajstić information content (AvgIpc) is 2.42. The van der Waals surface area contributed by atoms with Gasteiger partial charge in [0.05, 0.1) is 5.92 Å². The summed E-state index contributed by atoms with van der Waals surface area (Å²) in [7, 11) is 2.16. The zero-order valence-corrected chi connectivity index (χ0v) is 15.1. The maximum absolute atomic E-state index is 11.9. The summed E-state index contributed by atoms with van der Waals surface area (Å²) in [5, 5.41) is 6.36. The fourth-order valence-corrected chi connectivity index (χ4v) is 2.63. The first-order chi connectivity index (χ1) is 8.75. The number of carbonyl (C=O) groups is 1. The number of hydrogen-bond acceptors (Lipinski definition) is 4. The molecule has 2 rings (SSSR count). The van der Waals surface area contributed by atoms with Gasteiger partial charge in [-0.15, -0.1) is 37.2 Å². The van der Waals surface area contributed by atoms with Crippen molar-refractivity contribution >= 4 is 43.1 Å². The number of nitrogens with zero attached hydrogens (tertiary/aromatic N) is 2. The van der Waals surface area contributed by atoms with E-state index in [1.807, 2.05) is 0 Å². The second kappa shape index (κ2) is 12.7. The van der Waals surface area contributed by atoms with Crippen molar-refractivity contribution in [1.29, 1.82) is 0 Å².